The fourth-order valence-corrected chi connectivity index (χ4v) is 5.71. The molecule has 12 nitrogen and oxygen atoms in total. The predicted octanol–water partition coefficient (Wildman–Crippen LogP) is 5.98. The monoisotopic (exact) mass is 743 g/mol. The number of nitrogens with zero attached hydrogens (tertiary/aromatic N) is 1. The first-order valence-electron chi connectivity index (χ1n) is 18.9. The van der Waals surface area contributed by atoms with Crippen LogP contribution in [0.1, 0.15) is 108 Å². The van der Waals surface area contributed by atoms with Crippen molar-refractivity contribution in [2.24, 2.45) is 17.8 Å². The number of rotatable bonds is 15. The van der Waals surface area contributed by atoms with Crippen LogP contribution in [0.25, 0.3) is 0 Å². The van der Waals surface area contributed by atoms with E-state index < -0.39 is 54.2 Å². The largest absolute Gasteiger partial charge is 0.457 e. The van der Waals surface area contributed by atoms with E-state index in [1.54, 1.807) is 47.1 Å². The molecule has 0 fully saturated rings. The number of amides is 1. The number of carbonyl (C=O) groups excluding carboxylic acids is 3. The third-order valence-corrected chi connectivity index (χ3v) is 8.95. The van der Waals surface area contributed by atoms with Crippen LogP contribution in [0.2, 0.25) is 0 Å². The van der Waals surface area contributed by atoms with Crippen molar-refractivity contribution in [2.45, 2.75) is 150 Å². The van der Waals surface area contributed by atoms with Crippen LogP contribution in [0.3, 0.4) is 0 Å². The average molecular weight is 743 g/mol. The third kappa shape index (κ3) is 19.9. The Hall–Kier alpha value is -2.77. The van der Waals surface area contributed by atoms with Gasteiger partial charge in [-0.1, -0.05) is 73.3 Å². The summed E-state index contributed by atoms with van der Waals surface area (Å²) in [7, 11) is 5.22. The highest BCUT2D eigenvalue weighted by molar-refractivity contribution is 5.70. The molecule has 0 spiro atoms. The van der Waals surface area contributed by atoms with Gasteiger partial charge in [0.05, 0.1) is 24.7 Å². The summed E-state index contributed by atoms with van der Waals surface area (Å²) in [6.07, 6.45) is 5.04. The molecule has 304 valence electrons. The number of methoxy groups -OCH3 is 1. The molecule has 0 aromatic heterocycles. The molecule has 1 heterocycles. The molecule has 1 rings (SSSR count). The van der Waals surface area contributed by atoms with Crippen molar-refractivity contribution in [1.29, 1.82) is 0 Å². The molecule has 0 aromatic carbocycles. The van der Waals surface area contributed by atoms with E-state index in [2.05, 4.69) is 25.7 Å². The first kappa shape index (κ1) is 51.3. The number of allylic oxidation sites excluding steroid dienone is 1. The summed E-state index contributed by atoms with van der Waals surface area (Å²) in [4.78, 5) is 37.5. The van der Waals surface area contributed by atoms with Gasteiger partial charge in [-0.05, 0) is 71.1 Å². The molecule has 1 aliphatic rings. The fourth-order valence-electron chi connectivity index (χ4n) is 5.71. The zero-order valence-electron chi connectivity index (χ0n) is 34.5. The van der Waals surface area contributed by atoms with Crippen molar-refractivity contribution in [3.05, 3.63) is 36.5 Å². The topological polar surface area (TPSA) is 164 Å². The van der Waals surface area contributed by atoms with Crippen molar-refractivity contribution in [3.63, 3.8) is 0 Å². The van der Waals surface area contributed by atoms with Crippen LogP contribution in [0.5, 0.6) is 0 Å². The van der Waals surface area contributed by atoms with E-state index in [1.165, 1.54) is 4.90 Å². The van der Waals surface area contributed by atoms with Gasteiger partial charge in [0.2, 0.25) is 0 Å². The van der Waals surface area contributed by atoms with Gasteiger partial charge >= 0.3 is 18.0 Å². The molecule has 4 N–H and O–H groups in total. The summed E-state index contributed by atoms with van der Waals surface area (Å²) >= 11 is 0. The number of esters is 2. The SMILES string of the molecule is C/C=C/C(C)C(OC(=O)N(C)CCNC)C(O)CC(C)C(CC)OC.C=C(C)C1OC(=O)CC(O)CCC(C)(O)C(OC(=O)CC)/C=C/C1C.CC. The number of ether oxygens (including phenoxy) is 4. The van der Waals surface area contributed by atoms with Crippen LogP contribution in [-0.2, 0) is 28.5 Å². The van der Waals surface area contributed by atoms with Gasteiger partial charge in [-0.15, -0.1) is 0 Å². The van der Waals surface area contributed by atoms with Gasteiger partial charge in [0.25, 0.3) is 0 Å². The van der Waals surface area contributed by atoms with E-state index in [1.807, 2.05) is 53.8 Å². The average Bonchev–Trinajstić information content (AvgIpc) is 3.09. The van der Waals surface area contributed by atoms with Gasteiger partial charge < -0.3 is 44.5 Å². The van der Waals surface area contributed by atoms with Gasteiger partial charge in [0.1, 0.15) is 23.9 Å². The molecule has 0 saturated carbocycles. The fraction of sp³-hybridized carbons (Fsp3) is 0.775. The molecule has 10 atom stereocenters. The lowest BCUT2D eigenvalue weighted by Crippen LogP contribution is -2.42. The first-order chi connectivity index (χ1) is 24.4. The molecular weight excluding hydrogens is 668 g/mol. The molecule has 12 heteroatoms. The number of aliphatic hydroxyl groups excluding tert-OH is 2. The molecular formula is C40H74N2O10. The molecule has 10 unspecified atom stereocenters. The molecule has 1 amide bonds. The number of carbonyl (C=O) groups is 3. The van der Waals surface area contributed by atoms with E-state index in [-0.39, 0.29) is 49.5 Å². The number of hydrogen-bond donors (Lipinski definition) is 4. The Labute approximate surface area is 315 Å². The van der Waals surface area contributed by atoms with Crippen LogP contribution in [0.4, 0.5) is 4.79 Å². The lowest BCUT2D eigenvalue weighted by atomic mass is 9.89. The van der Waals surface area contributed by atoms with Crippen LogP contribution >= 0.6 is 0 Å². The number of likely N-dealkylation sites (N-methyl/N-ethyl adjacent to an activating group) is 2. The number of aliphatic hydroxyl groups is 3. The molecule has 0 radical (unpaired) electrons. The second-order valence-electron chi connectivity index (χ2n) is 13.7. The van der Waals surface area contributed by atoms with E-state index in [0.717, 1.165) is 6.42 Å². The molecule has 52 heavy (non-hydrogen) atoms. The number of cyclic esters (lactones) is 1. The van der Waals surface area contributed by atoms with Crippen LogP contribution in [0.15, 0.2) is 36.5 Å². The second kappa shape index (κ2) is 27.8. The minimum absolute atomic E-state index is 0.0727. The van der Waals surface area contributed by atoms with Crippen LogP contribution < -0.4 is 5.32 Å². The number of nitrogens with one attached hydrogen (secondary N) is 1. The minimum atomic E-state index is -1.36. The Kier molecular flexibility index (Phi) is 27.4. The third-order valence-electron chi connectivity index (χ3n) is 8.95. The predicted molar refractivity (Wildman–Crippen MR) is 207 cm³/mol. The highest BCUT2D eigenvalue weighted by Gasteiger charge is 2.35. The second-order valence-corrected chi connectivity index (χ2v) is 13.7. The zero-order chi connectivity index (χ0) is 40.6. The van der Waals surface area contributed by atoms with Crippen LogP contribution in [0, 0.1) is 17.8 Å². The molecule has 0 bridgehead atoms. The zero-order valence-corrected chi connectivity index (χ0v) is 34.5. The van der Waals surface area contributed by atoms with E-state index in [4.69, 9.17) is 18.9 Å². The van der Waals surface area contributed by atoms with Gasteiger partial charge in [0.15, 0.2) is 0 Å². The maximum absolute atomic E-state index is 12.3. The highest BCUT2D eigenvalue weighted by Crippen LogP contribution is 2.27. The first-order valence-corrected chi connectivity index (χ1v) is 18.9. The van der Waals surface area contributed by atoms with E-state index in [9.17, 15) is 29.7 Å². The van der Waals surface area contributed by atoms with Gasteiger partial charge in [-0.25, -0.2) is 4.79 Å². The summed E-state index contributed by atoms with van der Waals surface area (Å²) < 4.78 is 21.9. The molecule has 0 saturated heterocycles. The highest BCUT2D eigenvalue weighted by atomic mass is 16.6. The van der Waals surface area contributed by atoms with Crippen molar-refractivity contribution < 1.29 is 48.7 Å². The van der Waals surface area contributed by atoms with Crippen molar-refractivity contribution in [2.75, 3.05) is 34.3 Å². The summed E-state index contributed by atoms with van der Waals surface area (Å²) in [6.45, 7) is 23.9. The van der Waals surface area contributed by atoms with Gasteiger partial charge in [-0.2, -0.15) is 0 Å². The van der Waals surface area contributed by atoms with E-state index >= 15 is 0 Å². The minimum Gasteiger partial charge on any atom is -0.457 e. The molecule has 0 aliphatic carbocycles. The van der Waals surface area contributed by atoms with Gasteiger partial charge in [-0.3, -0.25) is 9.59 Å². The Morgan fingerprint density at radius 1 is 1.23 bits per heavy atom. The van der Waals surface area contributed by atoms with Crippen molar-refractivity contribution >= 4 is 18.0 Å². The Balaban J connectivity index is 0. The lowest BCUT2D eigenvalue weighted by Gasteiger charge is -2.32. The van der Waals surface area contributed by atoms with Crippen molar-refractivity contribution in [1.82, 2.24) is 10.2 Å². The molecule has 1 aliphatic heterocycles. The van der Waals surface area contributed by atoms with Gasteiger partial charge in [0, 0.05) is 45.5 Å². The smallest absolute Gasteiger partial charge is 0.409 e. The summed E-state index contributed by atoms with van der Waals surface area (Å²) in [6, 6.07) is 0. The van der Waals surface area contributed by atoms with Crippen molar-refractivity contribution in [3.8, 4) is 0 Å². The summed E-state index contributed by atoms with van der Waals surface area (Å²) in [5, 5.41) is 34.5. The Morgan fingerprint density at radius 2 is 1.85 bits per heavy atom. The Bertz CT molecular complexity index is 1070. The number of hydrogen-bond acceptors (Lipinski definition) is 11. The summed E-state index contributed by atoms with van der Waals surface area (Å²) in [5.74, 6) is -1.05. The molecule has 0 aromatic rings. The Morgan fingerprint density at radius 3 is 2.35 bits per heavy atom. The normalized spacial score (nSPS) is 25.8. The lowest BCUT2D eigenvalue weighted by molar-refractivity contribution is -0.159. The maximum atomic E-state index is 12.3. The standard InChI is InChI=1S/C19H38N2O4.C19H30O6.C2H6/c1-8-10-14(3)18(25-19(23)21(6)12-11-20-5)16(22)13-15(4)17(9-2)24-7;1-6-16(21)24-15-8-7-13(4)18(12(2)3)25-17(22)11-14(20)9-10-19(15,5)23;1-2/h8,10,14-18,20,22H,9,11-13H2,1-7H3;7-8,13-15,18,20,23H,2,6,9-11H2,1,3-5H3;1-2H3/b10-8+;8-7+;. The summed E-state index contributed by atoms with van der Waals surface area (Å²) in [5.41, 5.74) is -0.685. The maximum Gasteiger partial charge on any atom is 0.409 e. The van der Waals surface area contributed by atoms with Crippen LogP contribution in [-0.4, -0.2) is 115 Å². The van der Waals surface area contributed by atoms with E-state index in [0.29, 0.717) is 25.1 Å². The quantitative estimate of drug-likeness (QED) is 0.0887.